The van der Waals surface area contributed by atoms with Gasteiger partial charge < -0.3 is 0 Å². The summed E-state index contributed by atoms with van der Waals surface area (Å²) < 4.78 is 7.24. The molecule has 0 aliphatic heterocycles. The van der Waals surface area contributed by atoms with E-state index in [0.29, 0.717) is 0 Å². The quantitative estimate of drug-likeness (QED) is 0.185. The van der Waals surface area contributed by atoms with Crippen LogP contribution < -0.4 is 0 Å². The first-order valence-electron chi connectivity index (χ1n) is 10.2. The molecule has 4 nitrogen and oxygen atoms in total. The van der Waals surface area contributed by atoms with Gasteiger partial charge in [0.15, 0.2) is 0 Å². The van der Waals surface area contributed by atoms with Crippen LogP contribution >= 0.6 is 0 Å². The molecule has 0 aliphatic rings. The van der Waals surface area contributed by atoms with E-state index in [9.17, 15) is 4.79 Å². The second-order valence-electron chi connectivity index (χ2n) is 7.33. The second-order valence-corrected chi connectivity index (χ2v) is 11.9. The van der Waals surface area contributed by atoms with E-state index < -0.39 is 5.97 Å². The van der Waals surface area contributed by atoms with Gasteiger partial charge in [0.2, 0.25) is 0 Å². The van der Waals surface area contributed by atoms with Gasteiger partial charge in [-0.25, -0.2) is 0 Å². The third-order valence-corrected chi connectivity index (χ3v) is 10.8. The minimum atomic E-state index is -1.18. The summed E-state index contributed by atoms with van der Waals surface area (Å²) in [5, 5.41) is 20.7. The van der Waals surface area contributed by atoms with E-state index in [1.165, 1.54) is 46.8 Å². The monoisotopic (exact) mass is 550 g/mol. The summed E-state index contributed by atoms with van der Waals surface area (Å²) >= 11 is 0.217. The third kappa shape index (κ3) is 3.60. The molecule has 0 aliphatic carbocycles. The number of hydrogen-bond donors (Lipinski definition) is 1. The van der Waals surface area contributed by atoms with Crippen LogP contribution in [0.2, 0.25) is 0 Å². The molecule has 156 valence electrons. The molecule has 3 heterocycles. The molecule has 5 aromatic rings. The Balaban J connectivity index is 1.52. The number of hydrogen-bond acceptors (Lipinski definition) is 2. The predicted molar refractivity (Wildman–Crippen MR) is 131 cm³/mol. The Morgan fingerprint density at radius 3 is 2.47 bits per heavy atom. The van der Waals surface area contributed by atoms with E-state index >= 15 is 0 Å². The zero-order valence-corrected chi connectivity index (χ0v) is 20.6. The number of nitrogens with zero attached hydrogens (tertiary/aromatic N) is 2. The fraction of sp³-hybridized carbons (Fsp3) is 0.0769. The molecule has 0 saturated carbocycles. The van der Waals surface area contributed by atoms with Gasteiger partial charge in [-0.2, -0.15) is 0 Å². The molecule has 32 heavy (non-hydrogen) atoms. The molecule has 0 amide bonds. The number of carbonyl (C=O) groups is 1. The van der Waals surface area contributed by atoms with Crippen molar-refractivity contribution >= 4 is 62.9 Å². The van der Waals surface area contributed by atoms with Gasteiger partial charge in [0, 0.05) is 0 Å². The number of fused-ring (bicyclic) bond motifs is 3. The molecule has 3 aromatic heterocycles. The van der Waals surface area contributed by atoms with Gasteiger partial charge in [-0.05, 0) is 0 Å². The number of aliphatic carboxylic acids is 1. The summed E-state index contributed by atoms with van der Waals surface area (Å²) in [6.45, 7) is 3.13. The summed E-state index contributed by atoms with van der Waals surface area (Å²) in [6, 6.07) is 25.6. The first-order chi connectivity index (χ1) is 15.6. The Morgan fingerprint density at radius 1 is 0.969 bits per heavy atom. The van der Waals surface area contributed by atoms with Crippen LogP contribution in [0.15, 0.2) is 72.3 Å². The molecule has 1 N–H and O–H groups in total. The number of aromatic nitrogens is 1. The van der Waals surface area contributed by atoms with Crippen molar-refractivity contribution in [3.63, 3.8) is 0 Å². The van der Waals surface area contributed by atoms with E-state index in [1.807, 2.05) is 6.07 Å². The number of carboxylic acids is 1. The van der Waals surface area contributed by atoms with Crippen LogP contribution in [-0.4, -0.2) is 44.7 Å². The van der Waals surface area contributed by atoms with Gasteiger partial charge in [0.1, 0.15) is 0 Å². The van der Waals surface area contributed by atoms with Gasteiger partial charge >= 0.3 is 198 Å². The minimum absolute atomic E-state index is 0.0208. The first kappa shape index (κ1) is 20.8. The SMILES string of the molecule is CCn1c2ccccc2c2cc(-c3ccc(-c4ccc(/C=C(/C#N)C(=O)O)[se]4)[se]3)ccc21. The molecule has 5 rings (SSSR count). The Labute approximate surface area is 197 Å². The average molecular weight is 548 g/mol. The van der Waals surface area contributed by atoms with Gasteiger partial charge in [-0.15, -0.1) is 0 Å². The number of aryl methyl sites for hydroxylation is 1. The van der Waals surface area contributed by atoms with E-state index in [2.05, 4.69) is 72.2 Å². The van der Waals surface area contributed by atoms with Crippen molar-refractivity contribution < 1.29 is 9.90 Å². The Kier molecular flexibility index (Phi) is 5.51. The van der Waals surface area contributed by atoms with Gasteiger partial charge in [-0.3, -0.25) is 0 Å². The predicted octanol–water partition coefficient (Wildman–Crippen LogP) is 5.25. The summed E-state index contributed by atoms with van der Waals surface area (Å²) in [5.74, 6) is -1.18. The van der Waals surface area contributed by atoms with Crippen molar-refractivity contribution in [3.05, 3.63) is 76.7 Å². The van der Waals surface area contributed by atoms with E-state index in [4.69, 9.17) is 10.4 Å². The van der Waals surface area contributed by atoms with Gasteiger partial charge in [-0.1, -0.05) is 0 Å². The van der Waals surface area contributed by atoms with Crippen molar-refractivity contribution in [3.8, 4) is 24.9 Å². The van der Waals surface area contributed by atoms with Crippen LogP contribution in [0.5, 0.6) is 0 Å². The van der Waals surface area contributed by atoms with Crippen LogP contribution in [0, 0.1) is 11.3 Å². The molecule has 0 atom stereocenters. The summed E-state index contributed by atoms with van der Waals surface area (Å²) in [4.78, 5) is 11.1. The first-order valence-corrected chi connectivity index (χ1v) is 13.6. The summed E-state index contributed by atoms with van der Waals surface area (Å²) in [6.07, 6.45) is 1.50. The van der Waals surface area contributed by atoms with Crippen LogP contribution in [0.3, 0.4) is 0 Å². The number of nitriles is 1. The molecule has 0 saturated heterocycles. The van der Waals surface area contributed by atoms with Gasteiger partial charge in [0.25, 0.3) is 0 Å². The third-order valence-electron chi connectivity index (χ3n) is 5.49. The fourth-order valence-electron chi connectivity index (χ4n) is 4.02. The number of para-hydroxylation sites is 1. The van der Waals surface area contributed by atoms with Crippen molar-refractivity contribution in [1.29, 1.82) is 5.26 Å². The molecule has 6 heteroatoms. The molecule has 2 aromatic carbocycles. The summed E-state index contributed by atoms with van der Waals surface area (Å²) in [7, 11) is 0. The van der Waals surface area contributed by atoms with Gasteiger partial charge in [0.05, 0.1) is 0 Å². The van der Waals surface area contributed by atoms with Crippen LogP contribution in [-0.2, 0) is 11.3 Å². The van der Waals surface area contributed by atoms with Crippen molar-refractivity contribution in [2.24, 2.45) is 0 Å². The standard InChI is InChI=1S/C26H18N2O2Se2/c1-2-28-21-6-4-3-5-19(21)20-14-16(7-9-22(20)28)23-11-12-25(32-23)24-10-8-18(31-24)13-17(15-27)26(29)30/h3-14H,2H2,1H3,(H,29,30)/b17-13-. The topological polar surface area (TPSA) is 66.0 Å². The number of benzene rings is 2. The van der Waals surface area contributed by atoms with E-state index in [1.54, 1.807) is 6.07 Å². The van der Waals surface area contributed by atoms with Crippen LogP contribution in [0.1, 0.15) is 11.4 Å². The molecule has 0 fully saturated rings. The normalized spacial score (nSPS) is 11.8. The molecule has 0 radical (unpaired) electrons. The Bertz CT molecular complexity index is 1560. The van der Waals surface area contributed by atoms with E-state index in [-0.39, 0.29) is 34.6 Å². The molecular weight excluding hydrogens is 530 g/mol. The van der Waals surface area contributed by atoms with Crippen LogP contribution in [0.4, 0.5) is 0 Å². The maximum atomic E-state index is 11.1. The van der Waals surface area contributed by atoms with E-state index in [0.717, 1.165) is 11.0 Å². The van der Waals surface area contributed by atoms with Crippen molar-refractivity contribution in [1.82, 2.24) is 4.57 Å². The van der Waals surface area contributed by atoms with Crippen molar-refractivity contribution in [2.75, 3.05) is 0 Å². The van der Waals surface area contributed by atoms with Crippen LogP contribution in [0.25, 0.3) is 46.8 Å². The zero-order valence-electron chi connectivity index (χ0n) is 17.2. The molecular formula is C26H18N2O2Se2. The molecule has 0 bridgehead atoms. The Morgan fingerprint density at radius 2 is 1.69 bits per heavy atom. The van der Waals surface area contributed by atoms with Crippen molar-refractivity contribution in [2.45, 2.75) is 13.5 Å². The Hall–Kier alpha value is -3.06. The number of carboxylic acid groups (broad SMARTS) is 1. The summed E-state index contributed by atoms with van der Waals surface area (Å²) in [5.41, 5.74) is 3.60. The molecule has 0 unspecified atom stereocenters. The molecule has 0 spiro atoms. The average Bonchev–Trinajstić information content (AvgIpc) is 3.53. The fourth-order valence-corrected chi connectivity index (χ4v) is 8.69. The zero-order chi connectivity index (χ0) is 22.2. The maximum absolute atomic E-state index is 11.1. The second kappa shape index (κ2) is 8.47. The number of rotatable bonds is 5.